The minimum Gasteiger partial charge on any atom is -0.352 e. The molecule has 0 N–H and O–H groups in total. The number of hydrogen-bond acceptors (Lipinski definition) is 2. The monoisotopic (exact) mass is 128 g/mol. The van der Waals surface area contributed by atoms with Gasteiger partial charge in [0.05, 0.1) is 13.2 Å². The molecule has 0 amide bonds. The lowest BCUT2D eigenvalue weighted by molar-refractivity contribution is -0.107. The standard InChI is InChI=1S/C7H12O2/c1-7-2-4-8-6(7)9-5-3-7/h6H,2-5H2,1H3. The second kappa shape index (κ2) is 1.70. The molecule has 2 heterocycles. The van der Waals surface area contributed by atoms with Gasteiger partial charge in [-0.1, -0.05) is 6.92 Å². The Balaban J connectivity index is 2.17. The van der Waals surface area contributed by atoms with E-state index < -0.39 is 0 Å². The first-order chi connectivity index (χ1) is 4.31. The highest BCUT2D eigenvalue weighted by Crippen LogP contribution is 2.42. The summed E-state index contributed by atoms with van der Waals surface area (Å²) in [4.78, 5) is 0. The molecule has 52 valence electrons. The molecule has 0 atom stereocenters. The van der Waals surface area contributed by atoms with Crippen molar-refractivity contribution >= 4 is 0 Å². The quantitative estimate of drug-likeness (QED) is 0.487. The van der Waals surface area contributed by atoms with Crippen molar-refractivity contribution in [1.29, 1.82) is 0 Å². The minimum atomic E-state index is 0.123. The molecule has 2 fully saturated rings. The maximum atomic E-state index is 5.36. The van der Waals surface area contributed by atoms with Gasteiger partial charge in [-0.15, -0.1) is 0 Å². The molecule has 0 radical (unpaired) electrons. The van der Waals surface area contributed by atoms with Crippen LogP contribution in [0.5, 0.6) is 0 Å². The Morgan fingerprint density at radius 2 is 1.78 bits per heavy atom. The molecule has 2 rings (SSSR count). The Labute approximate surface area is 55.1 Å². The minimum absolute atomic E-state index is 0.123. The number of rotatable bonds is 0. The van der Waals surface area contributed by atoms with Gasteiger partial charge in [0.2, 0.25) is 0 Å². The molecule has 0 aliphatic carbocycles. The highest BCUT2D eigenvalue weighted by Gasteiger charge is 2.44. The number of ether oxygens (including phenoxy) is 2. The summed E-state index contributed by atoms with van der Waals surface area (Å²) in [6.07, 6.45) is 2.48. The van der Waals surface area contributed by atoms with E-state index in [-0.39, 0.29) is 6.29 Å². The fourth-order valence-corrected chi connectivity index (χ4v) is 1.61. The molecular formula is C7H12O2. The van der Waals surface area contributed by atoms with Crippen LogP contribution in [-0.4, -0.2) is 19.5 Å². The van der Waals surface area contributed by atoms with Gasteiger partial charge in [-0.3, -0.25) is 0 Å². The summed E-state index contributed by atoms with van der Waals surface area (Å²) >= 11 is 0. The van der Waals surface area contributed by atoms with Gasteiger partial charge in [0.1, 0.15) is 0 Å². The zero-order valence-electron chi connectivity index (χ0n) is 5.72. The molecule has 0 bridgehead atoms. The largest absolute Gasteiger partial charge is 0.352 e. The molecule has 0 unspecified atom stereocenters. The van der Waals surface area contributed by atoms with Crippen LogP contribution in [0.15, 0.2) is 0 Å². The van der Waals surface area contributed by atoms with E-state index in [1.807, 2.05) is 0 Å². The molecule has 2 aliphatic heterocycles. The smallest absolute Gasteiger partial charge is 0.163 e. The summed E-state index contributed by atoms with van der Waals surface area (Å²) in [6.45, 7) is 4.03. The predicted octanol–water partition coefficient (Wildman–Crippen LogP) is 1.16. The highest BCUT2D eigenvalue weighted by atomic mass is 16.7. The van der Waals surface area contributed by atoms with E-state index in [0.717, 1.165) is 13.2 Å². The fourth-order valence-electron chi connectivity index (χ4n) is 1.61. The first kappa shape index (κ1) is 5.69. The van der Waals surface area contributed by atoms with Gasteiger partial charge in [0, 0.05) is 5.41 Å². The number of fused-ring (bicyclic) bond motifs is 1. The normalized spacial score (nSPS) is 49.7. The van der Waals surface area contributed by atoms with E-state index in [2.05, 4.69) is 6.92 Å². The third-order valence-electron chi connectivity index (χ3n) is 2.45. The van der Waals surface area contributed by atoms with Crippen LogP contribution < -0.4 is 0 Å². The lowest BCUT2D eigenvalue weighted by atomic mass is 9.87. The van der Waals surface area contributed by atoms with Crippen molar-refractivity contribution < 1.29 is 9.47 Å². The summed E-state index contributed by atoms with van der Waals surface area (Å²) < 4.78 is 10.7. The molecule has 0 aromatic carbocycles. The van der Waals surface area contributed by atoms with Gasteiger partial charge < -0.3 is 9.47 Å². The summed E-state index contributed by atoms with van der Waals surface area (Å²) in [5, 5.41) is 0. The Morgan fingerprint density at radius 3 is 2.22 bits per heavy atom. The molecule has 0 aromatic heterocycles. The zero-order chi connectivity index (χ0) is 6.32. The maximum absolute atomic E-state index is 5.36. The lowest BCUT2D eigenvalue weighted by Gasteiger charge is -2.18. The lowest BCUT2D eigenvalue weighted by Crippen LogP contribution is -2.21. The molecule has 0 spiro atoms. The van der Waals surface area contributed by atoms with E-state index in [1.54, 1.807) is 0 Å². The molecule has 2 heteroatoms. The van der Waals surface area contributed by atoms with Crippen LogP contribution in [0, 0.1) is 5.41 Å². The van der Waals surface area contributed by atoms with Gasteiger partial charge in [-0.25, -0.2) is 0 Å². The molecule has 2 saturated heterocycles. The summed E-state index contributed by atoms with van der Waals surface area (Å²) in [6, 6.07) is 0. The van der Waals surface area contributed by atoms with Crippen LogP contribution in [0.25, 0.3) is 0 Å². The van der Waals surface area contributed by atoms with Gasteiger partial charge in [0.15, 0.2) is 6.29 Å². The van der Waals surface area contributed by atoms with E-state index in [1.165, 1.54) is 12.8 Å². The van der Waals surface area contributed by atoms with E-state index in [0.29, 0.717) is 5.41 Å². The molecule has 2 nitrogen and oxygen atoms in total. The Bertz CT molecular complexity index is 112. The van der Waals surface area contributed by atoms with Crippen molar-refractivity contribution in [1.82, 2.24) is 0 Å². The van der Waals surface area contributed by atoms with Crippen LogP contribution in [0.1, 0.15) is 19.8 Å². The fraction of sp³-hybridized carbons (Fsp3) is 1.00. The topological polar surface area (TPSA) is 18.5 Å². The van der Waals surface area contributed by atoms with Crippen molar-refractivity contribution in [2.75, 3.05) is 13.2 Å². The Kier molecular flexibility index (Phi) is 1.08. The second-order valence-corrected chi connectivity index (χ2v) is 3.23. The van der Waals surface area contributed by atoms with Crippen LogP contribution in [-0.2, 0) is 9.47 Å². The van der Waals surface area contributed by atoms with Gasteiger partial charge in [0.25, 0.3) is 0 Å². The van der Waals surface area contributed by atoms with Crippen LogP contribution in [0.4, 0.5) is 0 Å². The average Bonchev–Trinajstić information content (AvgIpc) is 2.22. The molecule has 0 saturated carbocycles. The van der Waals surface area contributed by atoms with Crippen molar-refractivity contribution in [3.05, 3.63) is 0 Å². The van der Waals surface area contributed by atoms with Gasteiger partial charge >= 0.3 is 0 Å². The van der Waals surface area contributed by atoms with E-state index in [4.69, 9.17) is 9.47 Å². The molecule has 2 aliphatic rings. The highest BCUT2D eigenvalue weighted by molar-refractivity contribution is 4.86. The zero-order valence-corrected chi connectivity index (χ0v) is 5.72. The third-order valence-corrected chi connectivity index (χ3v) is 2.45. The molecule has 9 heavy (non-hydrogen) atoms. The first-order valence-electron chi connectivity index (χ1n) is 3.54. The first-order valence-corrected chi connectivity index (χ1v) is 3.54. The number of hydrogen-bond donors (Lipinski definition) is 0. The van der Waals surface area contributed by atoms with Crippen molar-refractivity contribution in [3.63, 3.8) is 0 Å². The summed E-state index contributed by atoms with van der Waals surface area (Å²) in [5.41, 5.74) is 0.361. The maximum Gasteiger partial charge on any atom is 0.163 e. The van der Waals surface area contributed by atoms with Crippen molar-refractivity contribution in [2.45, 2.75) is 26.1 Å². The Morgan fingerprint density at radius 1 is 1.22 bits per heavy atom. The average molecular weight is 128 g/mol. The summed E-state index contributed by atoms with van der Waals surface area (Å²) in [5.74, 6) is 0. The van der Waals surface area contributed by atoms with Crippen LogP contribution in [0.3, 0.4) is 0 Å². The third kappa shape index (κ3) is 0.700. The van der Waals surface area contributed by atoms with Crippen LogP contribution >= 0.6 is 0 Å². The SMILES string of the molecule is CC12CCOC1OCC2. The summed E-state index contributed by atoms with van der Waals surface area (Å²) in [7, 11) is 0. The van der Waals surface area contributed by atoms with E-state index in [9.17, 15) is 0 Å². The van der Waals surface area contributed by atoms with Crippen molar-refractivity contribution in [3.8, 4) is 0 Å². The van der Waals surface area contributed by atoms with E-state index >= 15 is 0 Å². The second-order valence-electron chi connectivity index (χ2n) is 3.23. The van der Waals surface area contributed by atoms with Gasteiger partial charge in [-0.2, -0.15) is 0 Å². The molecular weight excluding hydrogens is 116 g/mol. The van der Waals surface area contributed by atoms with Gasteiger partial charge in [-0.05, 0) is 12.8 Å². The Hall–Kier alpha value is -0.0800. The van der Waals surface area contributed by atoms with Crippen molar-refractivity contribution in [2.24, 2.45) is 5.41 Å². The van der Waals surface area contributed by atoms with Crippen LogP contribution in [0.2, 0.25) is 0 Å². The molecule has 0 aromatic rings. The predicted molar refractivity (Wildman–Crippen MR) is 33.0 cm³/mol.